The van der Waals surface area contributed by atoms with Gasteiger partial charge in [0.1, 0.15) is 5.69 Å². The molecule has 0 aliphatic carbocycles. The average Bonchev–Trinajstić information content (AvgIpc) is 3.28. The summed E-state index contributed by atoms with van der Waals surface area (Å²) in [6, 6.07) is 19.8. The number of primary sulfonamides is 1. The fraction of sp³-hybridized carbons (Fsp3) is 0.0500. The van der Waals surface area contributed by atoms with E-state index < -0.39 is 10.0 Å². The minimum Gasteiger partial charge on any atom is -0.439 e. The van der Waals surface area contributed by atoms with Crippen LogP contribution in [-0.2, 0) is 16.4 Å². The van der Waals surface area contributed by atoms with Crippen molar-refractivity contribution in [1.29, 1.82) is 0 Å². The Morgan fingerprint density at radius 1 is 1.00 bits per heavy atom. The standard InChI is InChI=1S/C20H15ClN2O3S2/c21-17-11-10-15(27-17)20-19(14-8-4-5-9-16(14)28(22,24)25)23-18(26-20)12-13-6-2-1-3-7-13/h1-11H,12H2,(H2,22,24,25). The third-order valence-electron chi connectivity index (χ3n) is 4.12. The highest BCUT2D eigenvalue weighted by Crippen LogP contribution is 2.40. The lowest BCUT2D eigenvalue weighted by Crippen LogP contribution is -2.13. The van der Waals surface area contributed by atoms with E-state index >= 15 is 0 Å². The first-order valence-corrected chi connectivity index (χ1v) is 11.1. The fourth-order valence-corrected chi connectivity index (χ4v) is 4.67. The van der Waals surface area contributed by atoms with Gasteiger partial charge in [0.15, 0.2) is 11.7 Å². The summed E-state index contributed by atoms with van der Waals surface area (Å²) in [5.74, 6) is 0.948. The van der Waals surface area contributed by atoms with Gasteiger partial charge in [-0.25, -0.2) is 18.5 Å². The smallest absolute Gasteiger partial charge is 0.238 e. The molecule has 0 fully saturated rings. The molecule has 2 aromatic carbocycles. The van der Waals surface area contributed by atoms with Crippen molar-refractivity contribution in [2.75, 3.05) is 0 Å². The van der Waals surface area contributed by atoms with Gasteiger partial charge in [-0.1, -0.05) is 60.1 Å². The Labute approximate surface area is 171 Å². The number of nitrogens with two attached hydrogens (primary N) is 1. The maximum absolute atomic E-state index is 12.1. The van der Waals surface area contributed by atoms with Gasteiger partial charge < -0.3 is 4.42 Å². The van der Waals surface area contributed by atoms with Gasteiger partial charge in [0, 0.05) is 12.0 Å². The molecule has 0 bridgehead atoms. The molecule has 2 heterocycles. The summed E-state index contributed by atoms with van der Waals surface area (Å²) in [6.45, 7) is 0. The topological polar surface area (TPSA) is 86.2 Å². The van der Waals surface area contributed by atoms with E-state index in [1.807, 2.05) is 36.4 Å². The maximum atomic E-state index is 12.1. The zero-order valence-electron chi connectivity index (χ0n) is 14.5. The number of hydrogen-bond acceptors (Lipinski definition) is 5. The largest absolute Gasteiger partial charge is 0.439 e. The molecule has 0 unspecified atom stereocenters. The van der Waals surface area contributed by atoms with Crippen LogP contribution in [0.25, 0.3) is 21.9 Å². The van der Waals surface area contributed by atoms with E-state index in [0.29, 0.717) is 33.7 Å². The SMILES string of the molecule is NS(=O)(=O)c1ccccc1-c1nc(Cc2ccccc2)oc1-c1ccc(Cl)s1. The number of rotatable bonds is 5. The monoisotopic (exact) mass is 430 g/mol. The van der Waals surface area contributed by atoms with E-state index in [2.05, 4.69) is 4.98 Å². The molecule has 5 nitrogen and oxygen atoms in total. The van der Waals surface area contributed by atoms with E-state index in [0.717, 1.165) is 10.4 Å². The van der Waals surface area contributed by atoms with Gasteiger partial charge in [0.05, 0.1) is 14.1 Å². The Morgan fingerprint density at radius 3 is 2.39 bits per heavy atom. The van der Waals surface area contributed by atoms with Crippen LogP contribution in [0, 0.1) is 0 Å². The Balaban J connectivity index is 1.89. The van der Waals surface area contributed by atoms with Crippen LogP contribution in [0.1, 0.15) is 11.5 Å². The molecule has 142 valence electrons. The zero-order chi connectivity index (χ0) is 19.7. The number of benzene rings is 2. The normalized spacial score (nSPS) is 11.6. The average molecular weight is 431 g/mol. The van der Waals surface area contributed by atoms with Crippen molar-refractivity contribution in [3.05, 3.63) is 82.5 Å². The Morgan fingerprint density at radius 2 is 1.71 bits per heavy atom. The molecule has 0 aliphatic rings. The maximum Gasteiger partial charge on any atom is 0.238 e. The summed E-state index contributed by atoms with van der Waals surface area (Å²) in [4.78, 5) is 5.37. The van der Waals surface area contributed by atoms with E-state index in [4.69, 9.17) is 21.2 Å². The van der Waals surface area contributed by atoms with Gasteiger partial charge in [-0.05, 0) is 23.8 Å². The van der Waals surface area contributed by atoms with Crippen molar-refractivity contribution in [2.24, 2.45) is 5.14 Å². The number of hydrogen-bond donors (Lipinski definition) is 1. The first-order valence-electron chi connectivity index (χ1n) is 8.33. The highest BCUT2D eigenvalue weighted by atomic mass is 35.5. The molecule has 4 rings (SSSR count). The molecular weight excluding hydrogens is 416 g/mol. The lowest BCUT2D eigenvalue weighted by Gasteiger charge is -2.05. The molecule has 0 saturated carbocycles. The zero-order valence-corrected chi connectivity index (χ0v) is 16.9. The van der Waals surface area contributed by atoms with Crippen molar-refractivity contribution in [1.82, 2.24) is 4.98 Å². The molecule has 4 aromatic rings. The summed E-state index contributed by atoms with van der Waals surface area (Å²) >= 11 is 7.42. The number of aromatic nitrogens is 1. The molecule has 0 atom stereocenters. The second-order valence-corrected chi connectivity index (χ2v) is 9.34. The van der Waals surface area contributed by atoms with Crippen LogP contribution in [0.15, 0.2) is 76.0 Å². The predicted octanol–water partition coefficient (Wildman–Crippen LogP) is 4.96. The molecule has 2 aromatic heterocycles. The highest BCUT2D eigenvalue weighted by molar-refractivity contribution is 7.89. The van der Waals surface area contributed by atoms with Gasteiger partial charge in [-0.2, -0.15) is 0 Å². The summed E-state index contributed by atoms with van der Waals surface area (Å²) in [7, 11) is -3.93. The number of oxazole rings is 1. The summed E-state index contributed by atoms with van der Waals surface area (Å²) in [5.41, 5.74) is 1.85. The second-order valence-electron chi connectivity index (χ2n) is 6.09. The molecule has 0 spiro atoms. The van der Waals surface area contributed by atoms with E-state index in [1.165, 1.54) is 17.4 Å². The summed E-state index contributed by atoms with van der Waals surface area (Å²) < 4.78 is 30.8. The summed E-state index contributed by atoms with van der Waals surface area (Å²) in [6.07, 6.45) is 0.477. The molecule has 0 aliphatic heterocycles. The molecule has 2 N–H and O–H groups in total. The molecule has 28 heavy (non-hydrogen) atoms. The third kappa shape index (κ3) is 3.88. The number of thiophene rings is 1. The van der Waals surface area contributed by atoms with E-state index in [9.17, 15) is 8.42 Å². The molecule has 0 radical (unpaired) electrons. The highest BCUT2D eigenvalue weighted by Gasteiger charge is 2.23. The van der Waals surface area contributed by atoms with Gasteiger partial charge >= 0.3 is 0 Å². The van der Waals surface area contributed by atoms with Crippen LogP contribution in [0.2, 0.25) is 4.34 Å². The first kappa shape index (κ1) is 18.9. The lowest BCUT2D eigenvalue weighted by atomic mass is 10.1. The van der Waals surface area contributed by atoms with E-state index in [-0.39, 0.29) is 4.90 Å². The van der Waals surface area contributed by atoms with Crippen molar-refractivity contribution < 1.29 is 12.8 Å². The van der Waals surface area contributed by atoms with E-state index in [1.54, 1.807) is 24.3 Å². The Kier molecular flexibility index (Phi) is 5.07. The van der Waals surface area contributed by atoms with Crippen LogP contribution in [0.3, 0.4) is 0 Å². The molecular formula is C20H15ClN2O3S2. The Hall–Kier alpha value is -2.45. The van der Waals surface area contributed by atoms with Crippen LogP contribution in [0.5, 0.6) is 0 Å². The van der Waals surface area contributed by atoms with Gasteiger partial charge in [0.25, 0.3) is 0 Å². The number of halogens is 1. The van der Waals surface area contributed by atoms with Crippen molar-refractivity contribution in [2.45, 2.75) is 11.3 Å². The van der Waals surface area contributed by atoms with Crippen molar-refractivity contribution in [3.8, 4) is 21.9 Å². The number of nitrogens with zero attached hydrogens (tertiary/aromatic N) is 1. The first-order chi connectivity index (χ1) is 13.4. The fourth-order valence-electron chi connectivity index (χ4n) is 2.91. The van der Waals surface area contributed by atoms with Crippen LogP contribution in [0.4, 0.5) is 0 Å². The van der Waals surface area contributed by atoms with Crippen LogP contribution in [-0.4, -0.2) is 13.4 Å². The minimum absolute atomic E-state index is 0.00142. The number of sulfonamides is 1. The quantitative estimate of drug-likeness (QED) is 0.484. The van der Waals surface area contributed by atoms with Crippen LogP contribution >= 0.6 is 22.9 Å². The Bertz CT molecular complexity index is 1230. The van der Waals surface area contributed by atoms with Gasteiger partial charge in [0.2, 0.25) is 10.0 Å². The lowest BCUT2D eigenvalue weighted by molar-refractivity contribution is 0.520. The molecule has 0 amide bonds. The van der Waals surface area contributed by atoms with Crippen molar-refractivity contribution >= 4 is 33.0 Å². The second kappa shape index (κ2) is 7.52. The van der Waals surface area contributed by atoms with Crippen molar-refractivity contribution in [3.63, 3.8) is 0 Å². The van der Waals surface area contributed by atoms with Crippen LogP contribution < -0.4 is 5.14 Å². The molecule has 8 heteroatoms. The predicted molar refractivity (Wildman–Crippen MR) is 111 cm³/mol. The molecule has 0 saturated heterocycles. The van der Waals surface area contributed by atoms with Gasteiger partial charge in [-0.3, -0.25) is 0 Å². The third-order valence-corrected chi connectivity index (χ3v) is 6.31. The summed E-state index contributed by atoms with van der Waals surface area (Å²) in [5, 5.41) is 5.41. The van der Waals surface area contributed by atoms with Gasteiger partial charge in [-0.15, -0.1) is 11.3 Å². The minimum atomic E-state index is -3.93.